The number of benzene rings is 4. The molecule has 0 bridgehead atoms. The summed E-state index contributed by atoms with van der Waals surface area (Å²) in [6.07, 6.45) is -18.9. The van der Waals surface area contributed by atoms with E-state index in [4.69, 9.17) is 10.3 Å². The fourth-order valence-electron chi connectivity index (χ4n) is 4.79. The van der Waals surface area contributed by atoms with Gasteiger partial charge in [0.1, 0.15) is 0 Å². The van der Waals surface area contributed by atoms with Gasteiger partial charge in [-0.05, 0) is 82.1 Å². The Bertz CT molecular complexity index is 1840. The number of hydrogen-bond donors (Lipinski definition) is 0. The summed E-state index contributed by atoms with van der Waals surface area (Å²) in [7, 11) is 0. The van der Waals surface area contributed by atoms with Crippen LogP contribution in [0.1, 0.15) is 58.4 Å². The molecule has 4 aromatic rings. The zero-order chi connectivity index (χ0) is 40.1. The summed E-state index contributed by atoms with van der Waals surface area (Å²) in [4.78, 5) is 4.76. The molecule has 17 heteroatoms. The maximum absolute atomic E-state index is 12.8. The second-order valence-electron chi connectivity index (χ2n) is 11.9. The maximum atomic E-state index is 12.8. The zero-order valence-corrected chi connectivity index (χ0v) is 30.1. The van der Waals surface area contributed by atoms with Crippen LogP contribution in [-0.4, -0.2) is 5.71 Å². The third-order valence-corrected chi connectivity index (χ3v) is 7.30. The van der Waals surface area contributed by atoms with Crippen LogP contribution in [0.25, 0.3) is 5.32 Å². The van der Waals surface area contributed by atoms with Crippen molar-refractivity contribution in [2.75, 3.05) is 0 Å². The minimum atomic E-state index is -5.23. The standard InChI is InChI=1S/C21H25N2.C16H6F12N2.Cu/c1-14-9-7-10-15(2)20(14)22-18(5)13-19(6)23-21-16(3)11-8-12-17(21)4;17-13(18,19)7-1-8(14(20,21)22)4-11(3-7)29-30-12-5-9(15(23,24)25)2-10(6-12)16(26,27)28;/h7-13H,1-6H3;1-6H;/q-1;;+1/b18-13-,23-19?;;. The van der Waals surface area contributed by atoms with Crippen molar-refractivity contribution in [3.05, 3.63) is 134 Å². The van der Waals surface area contributed by atoms with E-state index in [0.29, 0.717) is 0 Å². The summed E-state index contributed by atoms with van der Waals surface area (Å²) in [6.45, 7) is 12.4. The van der Waals surface area contributed by atoms with Crippen LogP contribution in [-0.2, 0) is 41.8 Å². The van der Waals surface area contributed by atoms with Crippen molar-refractivity contribution in [1.29, 1.82) is 0 Å². The number of rotatable bonds is 6. The molecule has 0 aliphatic carbocycles. The van der Waals surface area contributed by atoms with E-state index in [1.807, 2.05) is 19.9 Å². The van der Waals surface area contributed by atoms with Gasteiger partial charge in [0, 0.05) is 5.71 Å². The summed E-state index contributed by atoms with van der Waals surface area (Å²) in [5.41, 5.74) is -0.471. The Balaban J connectivity index is 0.000000379. The Hall–Kier alpha value is -4.63. The molecule has 0 N–H and O–H groups in total. The SMILES string of the molecule is CC(/C=C(/C)[N-]c1c(C)cccc1C)=Nc1c(C)cccc1C.FC(F)(F)c1cc(N=Nc2cc(C(F)(F)F)cc(C(F)(F)F)c2)cc(C(F)(F)F)c1.[Cu+]. The van der Waals surface area contributed by atoms with Gasteiger partial charge in [0.05, 0.1) is 39.3 Å². The Labute approximate surface area is 313 Å². The number of halogens is 12. The number of para-hydroxylation sites is 2. The van der Waals surface area contributed by atoms with Crippen LogP contribution < -0.4 is 0 Å². The monoisotopic (exact) mass is 822 g/mol. The van der Waals surface area contributed by atoms with E-state index >= 15 is 0 Å². The molecule has 0 radical (unpaired) electrons. The second-order valence-corrected chi connectivity index (χ2v) is 11.9. The molecule has 0 spiro atoms. The van der Waals surface area contributed by atoms with Crippen molar-refractivity contribution in [2.24, 2.45) is 15.2 Å². The average molecular weight is 823 g/mol. The summed E-state index contributed by atoms with van der Waals surface area (Å²) in [5.74, 6) is 0. The van der Waals surface area contributed by atoms with Gasteiger partial charge in [-0.15, -0.1) is 5.69 Å². The number of alkyl halides is 12. The third kappa shape index (κ3) is 13.0. The molecule has 0 aliphatic rings. The topological polar surface area (TPSA) is 51.2 Å². The first-order valence-electron chi connectivity index (χ1n) is 15.3. The Kier molecular flexibility index (Phi) is 14.9. The molecule has 4 rings (SSSR count). The van der Waals surface area contributed by atoms with Gasteiger partial charge in [-0.25, -0.2) is 0 Å². The van der Waals surface area contributed by atoms with Gasteiger partial charge in [0.2, 0.25) is 0 Å². The van der Waals surface area contributed by atoms with Crippen molar-refractivity contribution < 1.29 is 69.8 Å². The molecule has 0 saturated carbocycles. The number of azo groups is 1. The second kappa shape index (κ2) is 17.7. The molecule has 0 aromatic heterocycles. The minimum Gasteiger partial charge on any atom is -0.661 e. The van der Waals surface area contributed by atoms with E-state index in [0.717, 1.165) is 22.8 Å². The van der Waals surface area contributed by atoms with Crippen LogP contribution >= 0.6 is 0 Å². The van der Waals surface area contributed by atoms with E-state index in [1.54, 1.807) is 0 Å². The zero-order valence-electron chi connectivity index (χ0n) is 29.1. The molecular formula is C37H31CuF12N4. The molecule has 0 aliphatic heterocycles. The maximum Gasteiger partial charge on any atom is 1.00 e. The molecule has 0 unspecified atom stereocenters. The third-order valence-electron chi connectivity index (χ3n) is 7.30. The summed E-state index contributed by atoms with van der Waals surface area (Å²) in [6, 6.07) is 12.5. The normalized spacial score (nSPS) is 13.0. The fraction of sp³-hybridized carbons (Fsp3) is 0.270. The number of hydrogen-bond acceptors (Lipinski definition) is 3. The molecule has 294 valence electrons. The van der Waals surface area contributed by atoms with Crippen molar-refractivity contribution >= 4 is 28.5 Å². The van der Waals surface area contributed by atoms with Crippen molar-refractivity contribution in [3.8, 4) is 0 Å². The number of aliphatic imine (C=N–C) groups is 1. The molecule has 4 aromatic carbocycles. The van der Waals surface area contributed by atoms with E-state index in [9.17, 15) is 52.7 Å². The minimum absolute atomic E-state index is 0. The quantitative estimate of drug-likeness (QED) is 0.0805. The summed E-state index contributed by atoms with van der Waals surface area (Å²) < 4.78 is 153. The van der Waals surface area contributed by atoms with Crippen molar-refractivity contribution in [2.45, 2.75) is 66.2 Å². The van der Waals surface area contributed by atoms with Crippen molar-refractivity contribution in [1.82, 2.24) is 0 Å². The van der Waals surface area contributed by atoms with E-state index in [1.165, 1.54) is 22.3 Å². The molecular weight excluding hydrogens is 792 g/mol. The van der Waals surface area contributed by atoms with Crippen LogP contribution in [0.2, 0.25) is 0 Å². The summed E-state index contributed by atoms with van der Waals surface area (Å²) in [5, 5.41) is 10.7. The summed E-state index contributed by atoms with van der Waals surface area (Å²) >= 11 is 0. The molecule has 54 heavy (non-hydrogen) atoms. The van der Waals surface area contributed by atoms with Gasteiger partial charge >= 0.3 is 41.8 Å². The largest absolute Gasteiger partial charge is 1.00 e. The van der Waals surface area contributed by atoms with Gasteiger partial charge in [0.25, 0.3) is 0 Å². The van der Waals surface area contributed by atoms with Gasteiger partial charge in [-0.3, -0.25) is 4.99 Å². The van der Waals surface area contributed by atoms with Crippen LogP contribution in [0, 0.1) is 27.7 Å². The first-order valence-corrected chi connectivity index (χ1v) is 15.3. The Morgan fingerprint density at radius 2 is 0.833 bits per heavy atom. The number of allylic oxidation sites excluding steroid dienone is 2. The van der Waals surface area contributed by atoms with Crippen LogP contribution in [0.4, 0.5) is 75.4 Å². The van der Waals surface area contributed by atoms with E-state index in [2.05, 4.69) is 74.3 Å². The predicted molar refractivity (Wildman–Crippen MR) is 178 cm³/mol. The van der Waals surface area contributed by atoms with Crippen molar-refractivity contribution in [3.63, 3.8) is 0 Å². The van der Waals surface area contributed by atoms with Gasteiger partial charge in [0.15, 0.2) is 0 Å². The first-order chi connectivity index (χ1) is 24.3. The Morgan fingerprint density at radius 1 is 0.519 bits per heavy atom. The van der Waals surface area contributed by atoms with Crippen LogP contribution in [0.5, 0.6) is 0 Å². The van der Waals surface area contributed by atoms with Crippen LogP contribution in [0.15, 0.2) is 99.8 Å². The van der Waals surface area contributed by atoms with Crippen LogP contribution in [0.3, 0.4) is 0 Å². The fourth-order valence-corrected chi connectivity index (χ4v) is 4.79. The molecule has 0 heterocycles. The number of aryl methyl sites for hydroxylation is 4. The number of nitrogens with zero attached hydrogens (tertiary/aromatic N) is 4. The smallest absolute Gasteiger partial charge is 0.661 e. The van der Waals surface area contributed by atoms with Gasteiger partial charge < -0.3 is 5.32 Å². The van der Waals surface area contributed by atoms with Gasteiger partial charge in [-0.1, -0.05) is 60.5 Å². The molecule has 0 amide bonds. The Morgan fingerprint density at radius 3 is 1.15 bits per heavy atom. The van der Waals surface area contributed by atoms with Gasteiger partial charge in [-0.2, -0.15) is 68.6 Å². The van der Waals surface area contributed by atoms with E-state index in [-0.39, 0.29) is 53.5 Å². The molecule has 4 nitrogen and oxygen atoms in total. The molecule has 0 saturated heterocycles. The molecule has 0 fully saturated rings. The predicted octanol–water partition coefficient (Wildman–Crippen LogP) is 14.8. The first kappa shape index (κ1) is 45.5. The average Bonchev–Trinajstić information content (AvgIpc) is 3.02. The molecule has 0 atom stereocenters. The van der Waals surface area contributed by atoms with E-state index < -0.39 is 58.3 Å².